The summed E-state index contributed by atoms with van der Waals surface area (Å²) >= 11 is 0. The Morgan fingerprint density at radius 1 is 1.23 bits per heavy atom. The number of aryl methyl sites for hydroxylation is 2. The van der Waals surface area contributed by atoms with E-state index in [9.17, 15) is 19.8 Å². The van der Waals surface area contributed by atoms with E-state index in [-0.39, 0.29) is 18.2 Å². The Labute approximate surface area is 148 Å². The number of aromatic hydroxyl groups is 1. The summed E-state index contributed by atoms with van der Waals surface area (Å²) in [5.74, 6) is -0.991. The van der Waals surface area contributed by atoms with Gasteiger partial charge >= 0.3 is 11.6 Å². The van der Waals surface area contributed by atoms with E-state index >= 15 is 0 Å². The van der Waals surface area contributed by atoms with Gasteiger partial charge in [-0.05, 0) is 48.7 Å². The molecule has 7 heteroatoms. The number of benzene rings is 2. The molecule has 0 aliphatic rings. The van der Waals surface area contributed by atoms with Gasteiger partial charge in [0.05, 0.1) is 10.9 Å². The van der Waals surface area contributed by atoms with Crippen LogP contribution in [0.5, 0.6) is 5.75 Å². The third-order valence-corrected chi connectivity index (χ3v) is 4.21. The van der Waals surface area contributed by atoms with Crippen LogP contribution in [-0.2, 0) is 11.2 Å². The molecular weight excluding hydrogens is 336 g/mol. The van der Waals surface area contributed by atoms with Crippen LogP contribution in [0.1, 0.15) is 16.7 Å². The van der Waals surface area contributed by atoms with Crippen molar-refractivity contribution in [2.45, 2.75) is 26.3 Å². The van der Waals surface area contributed by atoms with E-state index in [4.69, 9.17) is 4.42 Å². The molecule has 7 nitrogen and oxygen atoms in total. The highest BCUT2D eigenvalue weighted by molar-refractivity contribution is 5.82. The first-order valence-corrected chi connectivity index (χ1v) is 8.03. The van der Waals surface area contributed by atoms with Crippen molar-refractivity contribution in [1.82, 2.24) is 4.98 Å². The van der Waals surface area contributed by atoms with Gasteiger partial charge in [0.2, 0.25) is 0 Å². The standard InChI is InChI=1S/C19H18N2O5/c1-10-4-3-5-14-16(10)18(25)26-19(20-14)21-15(17(23)24)9-12-6-7-13(22)8-11(12)2/h3-8,15,22H,9H2,1-2H3,(H,20,21)(H,23,24)/t15-/m0/s1. The van der Waals surface area contributed by atoms with E-state index in [1.807, 2.05) is 0 Å². The highest BCUT2D eigenvalue weighted by atomic mass is 16.4. The largest absolute Gasteiger partial charge is 0.508 e. The summed E-state index contributed by atoms with van der Waals surface area (Å²) in [6.45, 7) is 3.56. The number of aromatic nitrogens is 1. The molecule has 1 heterocycles. The minimum Gasteiger partial charge on any atom is -0.508 e. The van der Waals surface area contributed by atoms with Gasteiger partial charge in [-0.15, -0.1) is 0 Å². The van der Waals surface area contributed by atoms with Crippen molar-refractivity contribution in [2.75, 3.05) is 5.32 Å². The maximum atomic E-state index is 12.2. The second-order valence-electron chi connectivity index (χ2n) is 6.13. The zero-order valence-corrected chi connectivity index (χ0v) is 14.3. The Bertz CT molecular complexity index is 1040. The van der Waals surface area contributed by atoms with E-state index in [0.29, 0.717) is 10.9 Å². The van der Waals surface area contributed by atoms with E-state index in [0.717, 1.165) is 16.7 Å². The number of rotatable bonds is 5. The van der Waals surface area contributed by atoms with Gasteiger partial charge < -0.3 is 19.9 Å². The van der Waals surface area contributed by atoms with Gasteiger partial charge in [-0.2, -0.15) is 4.98 Å². The molecule has 0 fully saturated rings. The summed E-state index contributed by atoms with van der Waals surface area (Å²) in [5.41, 5.74) is 2.13. The highest BCUT2D eigenvalue weighted by Gasteiger charge is 2.21. The molecule has 0 radical (unpaired) electrons. The lowest BCUT2D eigenvalue weighted by molar-refractivity contribution is -0.137. The lowest BCUT2D eigenvalue weighted by Crippen LogP contribution is -2.32. The van der Waals surface area contributed by atoms with Crippen molar-refractivity contribution >= 4 is 22.9 Å². The molecule has 0 bridgehead atoms. The number of hydrogen-bond donors (Lipinski definition) is 3. The minimum absolute atomic E-state index is 0.114. The molecule has 26 heavy (non-hydrogen) atoms. The topological polar surface area (TPSA) is 113 Å². The number of phenolic OH excluding ortho intramolecular Hbond substituents is 1. The van der Waals surface area contributed by atoms with Crippen LogP contribution < -0.4 is 10.9 Å². The number of phenols is 1. The average Bonchev–Trinajstić information content (AvgIpc) is 2.56. The Balaban J connectivity index is 1.92. The van der Waals surface area contributed by atoms with Crippen LogP contribution >= 0.6 is 0 Å². The Morgan fingerprint density at radius 2 is 2.00 bits per heavy atom. The predicted octanol–water partition coefficient (Wildman–Crippen LogP) is 2.62. The molecule has 3 N–H and O–H groups in total. The fourth-order valence-electron chi connectivity index (χ4n) is 2.82. The summed E-state index contributed by atoms with van der Waals surface area (Å²) in [4.78, 5) is 28.0. The molecule has 3 rings (SSSR count). The maximum Gasteiger partial charge on any atom is 0.348 e. The van der Waals surface area contributed by atoms with Crippen LogP contribution in [-0.4, -0.2) is 27.2 Å². The summed E-state index contributed by atoms with van der Waals surface area (Å²) < 4.78 is 5.16. The van der Waals surface area contributed by atoms with Crippen LogP contribution in [0, 0.1) is 13.8 Å². The summed E-state index contributed by atoms with van der Waals surface area (Å²) in [7, 11) is 0. The number of nitrogens with one attached hydrogen (secondary N) is 1. The Morgan fingerprint density at radius 3 is 2.69 bits per heavy atom. The number of carbonyl (C=O) groups is 1. The smallest absolute Gasteiger partial charge is 0.348 e. The first-order valence-electron chi connectivity index (χ1n) is 8.03. The van der Waals surface area contributed by atoms with Crippen molar-refractivity contribution in [3.05, 3.63) is 63.5 Å². The second kappa shape index (κ2) is 6.87. The number of anilines is 1. The van der Waals surface area contributed by atoms with Crippen molar-refractivity contribution in [2.24, 2.45) is 0 Å². The van der Waals surface area contributed by atoms with Gasteiger partial charge in [0.15, 0.2) is 0 Å². The number of fused-ring (bicyclic) bond motifs is 1. The fraction of sp³-hybridized carbons (Fsp3) is 0.211. The molecule has 0 amide bonds. The molecule has 0 spiro atoms. The third-order valence-electron chi connectivity index (χ3n) is 4.21. The first-order chi connectivity index (χ1) is 12.3. The maximum absolute atomic E-state index is 12.2. The Kier molecular flexibility index (Phi) is 4.62. The van der Waals surface area contributed by atoms with Gasteiger partial charge in [0, 0.05) is 6.42 Å². The number of carboxylic acid groups (broad SMARTS) is 1. The minimum atomic E-state index is -1.11. The lowest BCUT2D eigenvalue weighted by atomic mass is 10.0. The van der Waals surface area contributed by atoms with Crippen LogP contribution in [0.2, 0.25) is 0 Å². The average molecular weight is 354 g/mol. The van der Waals surface area contributed by atoms with Crippen LogP contribution in [0.15, 0.2) is 45.6 Å². The predicted molar refractivity (Wildman–Crippen MR) is 96.6 cm³/mol. The molecule has 0 aliphatic carbocycles. The van der Waals surface area contributed by atoms with Gasteiger partial charge in [-0.1, -0.05) is 18.2 Å². The molecular formula is C19H18N2O5. The SMILES string of the molecule is Cc1cc(O)ccc1C[C@H](Nc1nc2cccc(C)c2c(=O)o1)C(=O)O. The number of carboxylic acids is 1. The molecule has 0 saturated carbocycles. The zero-order valence-electron chi connectivity index (χ0n) is 14.3. The molecule has 0 aliphatic heterocycles. The quantitative estimate of drug-likeness (QED) is 0.645. The van der Waals surface area contributed by atoms with Gasteiger partial charge in [0.1, 0.15) is 11.8 Å². The fourth-order valence-corrected chi connectivity index (χ4v) is 2.82. The molecule has 1 aromatic heterocycles. The summed E-state index contributed by atoms with van der Waals surface area (Å²) in [6.07, 6.45) is 0.138. The lowest BCUT2D eigenvalue weighted by Gasteiger charge is -2.15. The van der Waals surface area contributed by atoms with E-state index in [1.54, 1.807) is 44.2 Å². The molecule has 0 unspecified atom stereocenters. The van der Waals surface area contributed by atoms with Crippen molar-refractivity contribution in [3.8, 4) is 5.75 Å². The van der Waals surface area contributed by atoms with Crippen LogP contribution in [0.4, 0.5) is 6.01 Å². The second-order valence-corrected chi connectivity index (χ2v) is 6.13. The highest BCUT2D eigenvalue weighted by Crippen LogP contribution is 2.19. The van der Waals surface area contributed by atoms with Crippen LogP contribution in [0.3, 0.4) is 0 Å². The van der Waals surface area contributed by atoms with Crippen molar-refractivity contribution in [1.29, 1.82) is 0 Å². The molecule has 3 aromatic rings. The van der Waals surface area contributed by atoms with E-state index in [2.05, 4.69) is 10.3 Å². The molecule has 134 valence electrons. The van der Waals surface area contributed by atoms with Gasteiger partial charge in [0.25, 0.3) is 6.01 Å². The van der Waals surface area contributed by atoms with Crippen LogP contribution in [0.25, 0.3) is 10.9 Å². The number of nitrogens with zero attached hydrogens (tertiary/aromatic N) is 1. The van der Waals surface area contributed by atoms with E-state index in [1.165, 1.54) is 6.07 Å². The summed E-state index contributed by atoms with van der Waals surface area (Å²) in [5, 5.41) is 22.0. The monoisotopic (exact) mass is 354 g/mol. The van der Waals surface area contributed by atoms with E-state index < -0.39 is 17.6 Å². The number of aliphatic carboxylic acids is 1. The van der Waals surface area contributed by atoms with Gasteiger partial charge in [-0.25, -0.2) is 9.59 Å². The third kappa shape index (κ3) is 3.51. The normalized spacial score (nSPS) is 12.1. The summed E-state index contributed by atoms with van der Waals surface area (Å²) in [6, 6.07) is 8.75. The van der Waals surface area contributed by atoms with Gasteiger partial charge in [-0.3, -0.25) is 0 Å². The number of hydrogen-bond acceptors (Lipinski definition) is 6. The Hall–Kier alpha value is -3.35. The first kappa shape index (κ1) is 17.5. The molecule has 0 saturated heterocycles. The van der Waals surface area contributed by atoms with Crippen molar-refractivity contribution < 1.29 is 19.4 Å². The molecule has 1 atom stereocenters. The molecule has 2 aromatic carbocycles. The zero-order chi connectivity index (χ0) is 18.8. The van der Waals surface area contributed by atoms with Crippen molar-refractivity contribution in [3.63, 3.8) is 0 Å².